The van der Waals surface area contributed by atoms with Gasteiger partial charge in [-0.25, -0.2) is 4.39 Å². The van der Waals surface area contributed by atoms with E-state index >= 15 is 0 Å². The van der Waals surface area contributed by atoms with E-state index in [4.69, 9.17) is 23.2 Å². The molecule has 0 unspecified atom stereocenters. The van der Waals surface area contributed by atoms with Crippen molar-refractivity contribution >= 4 is 29.1 Å². The van der Waals surface area contributed by atoms with E-state index in [1.807, 2.05) is 0 Å². The summed E-state index contributed by atoms with van der Waals surface area (Å²) in [7, 11) is 1.65. The molecule has 0 aliphatic carbocycles. The fourth-order valence-corrected chi connectivity index (χ4v) is 2.25. The summed E-state index contributed by atoms with van der Waals surface area (Å²) in [4.78, 5) is 13.6. The first-order valence-electron chi connectivity index (χ1n) is 6.38. The van der Waals surface area contributed by atoms with E-state index in [1.165, 1.54) is 11.0 Å². The van der Waals surface area contributed by atoms with Gasteiger partial charge in [-0.15, -0.1) is 0 Å². The smallest absolute Gasteiger partial charge is 0.227 e. The molecule has 110 valence electrons. The molecule has 0 N–H and O–H groups in total. The van der Waals surface area contributed by atoms with E-state index in [-0.39, 0.29) is 24.7 Å². The van der Waals surface area contributed by atoms with Gasteiger partial charge in [-0.1, -0.05) is 47.5 Å². The molecule has 1 amide bonds. The predicted molar refractivity (Wildman–Crippen MR) is 83.0 cm³/mol. The van der Waals surface area contributed by atoms with Crippen molar-refractivity contribution in [2.75, 3.05) is 7.05 Å². The van der Waals surface area contributed by atoms with Crippen molar-refractivity contribution in [1.29, 1.82) is 0 Å². The SMILES string of the molecule is CN(Cc1ccccc1F)C(=O)Cc1ccc(Cl)c(Cl)c1. The van der Waals surface area contributed by atoms with E-state index in [0.717, 1.165) is 5.56 Å². The highest BCUT2D eigenvalue weighted by molar-refractivity contribution is 6.42. The van der Waals surface area contributed by atoms with Crippen LogP contribution in [0, 0.1) is 5.82 Å². The Labute approximate surface area is 133 Å². The number of hydrogen-bond acceptors (Lipinski definition) is 1. The average molecular weight is 326 g/mol. The predicted octanol–water partition coefficient (Wildman–Crippen LogP) is 4.33. The molecule has 0 radical (unpaired) electrons. The molecule has 2 aromatic carbocycles. The molecule has 2 rings (SSSR count). The molecule has 0 atom stereocenters. The van der Waals surface area contributed by atoms with Crippen LogP contribution in [0.1, 0.15) is 11.1 Å². The largest absolute Gasteiger partial charge is 0.341 e. The number of carbonyl (C=O) groups excluding carboxylic acids is 1. The van der Waals surface area contributed by atoms with Crippen LogP contribution in [0.5, 0.6) is 0 Å². The van der Waals surface area contributed by atoms with Gasteiger partial charge in [0.15, 0.2) is 0 Å². The molecule has 5 heteroatoms. The number of benzene rings is 2. The molecule has 2 aromatic rings. The Hall–Kier alpha value is -1.58. The van der Waals surface area contributed by atoms with Gasteiger partial charge in [0.25, 0.3) is 0 Å². The number of carbonyl (C=O) groups is 1. The molecule has 0 fully saturated rings. The first-order valence-corrected chi connectivity index (χ1v) is 7.14. The van der Waals surface area contributed by atoms with Crippen LogP contribution in [0.3, 0.4) is 0 Å². The third-order valence-electron chi connectivity index (χ3n) is 3.13. The van der Waals surface area contributed by atoms with Gasteiger partial charge >= 0.3 is 0 Å². The number of halogens is 3. The number of nitrogens with zero attached hydrogens (tertiary/aromatic N) is 1. The van der Waals surface area contributed by atoms with Crippen LogP contribution in [0.15, 0.2) is 42.5 Å². The number of rotatable bonds is 4. The third-order valence-corrected chi connectivity index (χ3v) is 3.87. The molecule has 0 aliphatic rings. The van der Waals surface area contributed by atoms with Gasteiger partial charge in [0.05, 0.1) is 16.5 Å². The van der Waals surface area contributed by atoms with E-state index < -0.39 is 0 Å². The second-order valence-corrected chi connectivity index (χ2v) is 5.58. The lowest BCUT2D eigenvalue weighted by atomic mass is 10.1. The summed E-state index contributed by atoms with van der Waals surface area (Å²) >= 11 is 11.8. The molecule has 2 nitrogen and oxygen atoms in total. The lowest BCUT2D eigenvalue weighted by molar-refractivity contribution is -0.129. The van der Waals surface area contributed by atoms with Crippen LogP contribution < -0.4 is 0 Å². The zero-order valence-corrected chi connectivity index (χ0v) is 13.0. The Balaban J connectivity index is 2.02. The first kappa shape index (κ1) is 15.8. The highest BCUT2D eigenvalue weighted by atomic mass is 35.5. The molecule has 0 saturated carbocycles. The number of hydrogen-bond donors (Lipinski definition) is 0. The fraction of sp³-hybridized carbons (Fsp3) is 0.188. The maximum atomic E-state index is 13.6. The standard InChI is InChI=1S/C16H14Cl2FNO/c1-20(10-12-4-2-3-5-15(12)19)16(21)9-11-6-7-13(17)14(18)8-11/h2-8H,9-10H2,1H3. The Kier molecular flexibility index (Phi) is 5.21. The maximum Gasteiger partial charge on any atom is 0.227 e. The van der Waals surface area contributed by atoms with E-state index in [1.54, 1.807) is 43.4 Å². The molecule has 0 saturated heterocycles. The van der Waals surface area contributed by atoms with Crippen molar-refractivity contribution in [3.63, 3.8) is 0 Å². The highest BCUT2D eigenvalue weighted by Crippen LogP contribution is 2.23. The molecular weight excluding hydrogens is 312 g/mol. The Morgan fingerprint density at radius 1 is 1.14 bits per heavy atom. The molecule has 0 heterocycles. The lowest BCUT2D eigenvalue weighted by Gasteiger charge is -2.18. The van der Waals surface area contributed by atoms with Gasteiger partial charge in [-0.3, -0.25) is 4.79 Å². The Bertz CT molecular complexity index is 660. The van der Waals surface area contributed by atoms with Gasteiger partial charge < -0.3 is 4.90 Å². The molecular formula is C16H14Cl2FNO. The Morgan fingerprint density at radius 3 is 2.52 bits per heavy atom. The van der Waals surface area contributed by atoms with Crippen molar-refractivity contribution in [2.45, 2.75) is 13.0 Å². The van der Waals surface area contributed by atoms with Crippen LogP contribution >= 0.6 is 23.2 Å². The third kappa shape index (κ3) is 4.19. The van der Waals surface area contributed by atoms with Gasteiger partial charge in [-0.05, 0) is 23.8 Å². The van der Waals surface area contributed by atoms with Gasteiger partial charge in [0.1, 0.15) is 5.82 Å². The van der Waals surface area contributed by atoms with Crippen molar-refractivity contribution < 1.29 is 9.18 Å². The summed E-state index contributed by atoms with van der Waals surface area (Å²) in [5.41, 5.74) is 1.26. The highest BCUT2D eigenvalue weighted by Gasteiger charge is 2.12. The number of amides is 1. The van der Waals surface area contributed by atoms with E-state index in [9.17, 15) is 9.18 Å². The van der Waals surface area contributed by atoms with Crippen molar-refractivity contribution in [3.8, 4) is 0 Å². The second-order valence-electron chi connectivity index (χ2n) is 4.77. The van der Waals surface area contributed by atoms with Crippen molar-refractivity contribution in [1.82, 2.24) is 4.90 Å². The zero-order chi connectivity index (χ0) is 15.4. The summed E-state index contributed by atoms with van der Waals surface area (Å²) in [5.74, 6) is -0.427. The first-order chi connectivity index (χ1) is 9.97. The summed E-state index contributed by atoms with van der Waals surface area (Å²) in [5, 5.41) is 0.867. The molecule has 0 aromatic heterocycles. The molecule has 0 spiro atoms. The average Bonchev–Trinajstić information content (AvgIpc) is 2.45. The molecule has 0 bridgehead atoms. The maximum absolute atomic E-state index is 13.6. The van der Waals surface area contributed by atoms with Crippen LogP contribution in [0.4, 0.5) is 4.39 Å². The lowest BCUT2D eigenvalue weighted by Crippen LogP contribution is -2.28. The van der Waals surface area contributed by atoms with E-state index in [0.29, 0.717) is 15.6 Å². The number of likely N-dealkylation sites (N-methyl/N-ethyl adjacent to an activating group) is 1. The summed E-state index contributed by atoms with van der Waals surface area (Å²) in [6.07, 6.45) is 0.196. The fourth-order valence-electron chi connectivity index (χ4n) is 1.93. The summed E-state index contributed by atoms with van der Waals surface area (Å²) < 4.78 is 13.6. The van der Waals surface area contributed by atoms with Crippen LogP contribution in [-0.2, 0) is 17.8 Å². The summed E-state index contributed by atoms with van der Waals surface area (Å²) in [6.45, 7) is 0.229. The normalized spacial score (nSPS) is 10.5. The molecule has 21 heavy (non-hydrogen) atoms. The Morgan fingerprint density at radius 2 is 1.86 bits per heavy atom. The van der Waals surface area contributed by atoms with E-state index in [2.05, 4.69) is 0 Å². The van der Waals surface area contributed by atoms with Crippen LogP contribution in [0.25, 0.3) is 0 Å². The minimum Gasteiger partial charge on any atom is -0.341 e. The van der Waals surface area contributed by atoms with Gasteiger partial charge in [0.2, 0.25) is 5.91 Å². The quantitative estimate of drug-likeness (QED) is 0.819. The minimum absolute atomic E-state index is 0.114. The van der Waals surface area contributed by atoms with Crippen molar-refractivity contribution in [3.05, 3.63) is 69.5 Å². The van der Waals surface area contributed by atoms with Gasteiger partial charge in [-0.2, -0.15) is 0 Å². The summed E-state index contributed by atoms with van der Waals surface area (Å²) in [6, 6.07) is 11.5. The zero-order valence-electron chi connectivity index (χ0n) is 11.4. The topological polar surface area (TPSA) is 20.3 Å². The van der Waals surface area contributed by atoms with Crippen LogP contribution in [-0.4, -0.2) is 17.9 Å². The molecule has 0 aliphatic heterocycles. The minimum atomic E-state index is -0.313. The monoisotopic (exact) mass is 325 g/mol. The van der Waals surface area contributed by atoms with Gasteiger partial charge in [0, 0.05) is 19.2 Å². The van der Waals surface area contributed by atoms with Crippen molar-refractivity contribution in [2.24, 2.45) is 0 Å². The van der Waals surface area contributed by atoms with Crippen LogP contribution in [0.2, 0.25) is 10.0 Å². The second kappa shape index (κ2) is 6.92.